The second kappa shape index (κ2) is 11.0. The molecule has 214 valence electrons. The van der Waals surface area contributed by atoms with Crippen LogP contribution >= 0.6 is 26.8 Å². The van der Waals surface area contributed by atoms with Crippen molar-refractivity contribution in [1.29, 1.82) is 0 Å². The zero-order valence-electron chi connectivity index (χ0n) is 19.3. The molecule has 0 spiro atoms. The maximum Gasteiger partial charge on any atom is 0.412 e. The van der Waals surface area contributed by atoms with Gasteiger partial charge in [0.25, 0.3) is 0 Å². The van der Waals surface area contributed by atoms with E-state index in [1.54, 1.807) is 6.07 Å². The lowest BCUT2D eigenvalue weighted by atomic mass is 10.1. The number of hydrogen-bond donors (Lipinski definition) is 6. The molecule has 3 aromatic rings. The van der Waals surface area contributed by atoms with Crippen LogP contribution in [0.2, 0.25) is 5.28 Å². The number of nitrogens with one attached hydrogen (secondary N) is 1. The van der Waals surface area contributed by atoms with E-state index in [1.807, 2.05) is 0 Å². The van der Waals surface area contributed by atoms with Crippen molar-refractivity contribution in [2.45, 2.75) is 36.8 Å². The highest BCUT2D eigenvalue weighted by atomic mass is 35.5. The van der Waals surface area contributed by atoms with E-state index < -0.39 is 69.7 Å². The number of alkyl halides is 3. The molecule has 20 heteroatoms. The van der Waals surface area contributed by atoms with Crippen molar-refractivity contribution in [1.82, 2.24) is 19.7 Å². The zero-order valence-corrected chi connectivity index (χ0v) is 21.9. The molecule has 14 nitrogen and oxygen atoms in total. The zero-order chi connectivity index (χ0) is 28.8. The van der Waals surface area contributed by atoms with Crippen LogP contribution in [0.1, 0.15) is 17.8 Å². The number of hydrogen-bond acceptors (Lipinski definition) is 10. The van der Waals surface area contributed by atoms with Crippen molar-refractivity contribution in [3.05, 3.63) is 47.4 Å². The first-order chi connectivity index (χ1) is 18.1. The maximum absolute atomic E-state index is 13.9. The largest absolute Gasteiger partial charge is 0.412 e. The minimum atomic E-state index is -4.91. The molecule has 1 fully saturated rings. The normalized spacial score (nSPS) is 24.5. The molecule has 6 N–H and O–H groups in total. The third-order valence-electron chi connectivity index (χ3n) is 5.55. The fourth-order valence-corrected chi connectivity index (χ4v) is 6.60. The number of fused-ring (bicyclic) bond motifs is 1. The van der Waals surface area contributed by atoms with Crippen LogP contribution in [0.4, 0.5) is 19.0 Å². The third kappa shape index (κ3) is 6.95. The molecule has 1 saturated heterocycles. The van der Waals surface area contributed by atoms with Crippen molar-refractivity contribution in [3.63, 3.8) is 0 Å². The first-order valence-electron chi connectivity index (χ1n) is 10.9. The summed E-state index contributed by atoms with van der Waals surface area (Å²) in [7, 11) is -9.71. The Morgan fingerprint density at radius 1 is 1.13 bits per heavy atom. The van der Waals surface area contributed by atoms with Gasteiger partial charge in [0.1, 0.15) is 30.2 Å². The van der Waals surface area contributed by atoms with Gasteiger partial charge in [0, 0.05) is 0 Å². The van der Waals surface area contributed by atoms with Gasteiger partial charge >= 0.3 is 21.4 Å². The van der Waals surface area contributed by atoms with Crippen molar-refractivity contribution in [2.75, 3.05) is 17.8 Å². The molecule has 0 saturated carbocycles. The number of aliphatic hydroxyl groups is 2. The summed E-state index contributed by atoms with van der Waals surface area (Å²) in [5, 5.41) is 26.6. The van der Waals surface area contributed by atoms with Gasteiger partial charge in [0.05, 0.1) is 18.2 Å². The van der Waals surface area contributed by atoms with Gasteiger partial charge in [-0.25, -0.2) is 4.68 Å². The predicted molar refractivity (Wildman–Crippen MR) is 128 cm³/mol. The smallest absolute Gasteiger partial charge is 0.387 e. The fourth-order valence-electron chi connectivity index (χ4n) is 3.86. The summed E-state index contributed by atoms with van der Waals surface area (Å²) in [5.41, 5.74) is -0.292. The van der Waals surface area contributed by atoms with E-state index in [0.29, 0.717) is 0 Å². The summed E-state index contributed by atoms with van der Waals surface area (Å²) in [4.78, 5) is 35.2. The van der Waals surface area contributed by atoms with Gasteiger partial charge in [-0.3, -0.25) is 9.13 Å². The van der Waals surface area contributed by atoms with E-state index in [1.165, 1.54) is 24.3 Å². The summed E-state index contributed by atoms with van der Waals surface area (Å²) >= 11 is 5.97. The van der Waals surface area contributed by atoms with Crippen molar-refractivity contribution < 1.29 is 56.5 Å². The molecular formula is C19H21ClF3N5O9P2. The van der Waals surface area contributed by atoms with E-state index in [2.05, 4.69) is 24.9 Å². The molecule has 3 heterocycles. The van der Waals surface area contributed by atoms with Gasteiger partial charge in [0.2, 0.25) is 5.28 Å². The summed E-state index contributed by atoms with van der Waals surface area (Å²) in [5.74, 6) is -1.82. The number of benzene rings is 1. The Bertz CT molecular complexity index is 1430. The molecule has 2 unspecified atom stereocenters. The number of aromatic nitrogens is 4. The second-order valence-electron chi connectivity index (χ2n) is 8.48. The molecule has 4 rings (SSSR count). The summed E-state index contributed by atoms with van der Waals surface area (Å²) in [6.45, 7) is -0.853. The molecule has 1 aliphatic rings. The Kier molecular flexibility index (Phi) is 8.41. The lowest BCUT2D eigenvalue weighted by molar-refractivity contribution is -0.144. The second-order valence-corrected chi connectivity index (χ2v) is 12.8. The van der Waals surface area contributed by atoms with Crippen LogP contribution in [0.15, 0.2) is 36.5 Å². The van der Waals surface area contributed by atoms with Crippen LogP contribution in [0.3, 0.4) is 0 Å². The van der Waals surface area contributed by atoms with Crippen molar-refractivity contribution in [3.8, 4) is 0 Å². The number of aliphatic hydroxyl groups excluding tert-OH is 2. The van der Waals surface area contributed by atoms with Gasteiger partial charge in [-0.1, -0.05) is 30.3 Å². The average Bonchev–Trinajstić information content (AvgIpc) is 3.35. The molecule has 1 aromatic carbocycles. The highest BCUT2D eigenvalue weighted by Gasteiger charge is 2.46. The van der Waals surface area contributed by atoms with Crippen molar-refractivity contribution in [2.24, 2.45) is 0 Å². The van der Waals surface area contributed by atoms with Crippen LogP contribution in [-0.2, 0) is 18.4 Å². The van der Waals surface area contributed by atoms with E-state index in [4.69, 9.17) is 26.1 Å². The topological polar surface area (TPSA) is 209 Å². The number of rotatable bonds is 9. The van der Waals surface area contributed by atoms with Gasteiger partial charge in [0.15, 0.2) is 17.8 Å². The van der Waals surface area contributed by atoms with Crippen LogP contribution < -0.4 is 5.32 Å². The first-order valence-corrected chi connectivity index (χ1v) is 14.8. The highest BCUT2D eigenvalue weighted by Crippen LogP contribution is 2.55. The van der Waals surface area contributed by atoms with Crippen LogP contribution in [0, 0.1) is 0 Å². The number of nitrogens with zero attached hydrogens (tertiary/aromatic N) is 4. The summed E-state index contributed by atoms with van der Waals surface area (Å²) in [6.07, 6.45) is -10.1. The minimum absolute atomic E-state index is 0.0453. The summed E-state index contributed by atoms with van der Waals surface area (Å²) < 4.78 is 75.7. The SMILES string of the molecule is O=P(O)(O)CP(=O)(O)OC[C@H]1O[C@@H](n2ncc3c(NC(c4ccccc4)C(F)(F)F)nc(Cl)nc32)[C@H](O)[C@@H]1O. The van der Waals surface area contributed by atoms with Crippen molar-refractivity contribution >= 4 is 43.6 Å². The lowest BCUT2D eigenvalue weighted by Gasteiger charge is -2.23. The van der Waals surface area contributed by atoms with E-state index in [0.717, 1.165) is 10.9 Å². The first kappa shape index (κ1) is 29.8. The van der Waals surface area contributed by atoms with E-state index in [-0.39, 0.29) is 22.4 Å². The van der Waals surface area contributed by atoms with Gasteiger partial charge in [-0.05, 0) is 17.2 Å². The van der Waals surface area contributed by atoms with Crippen LogP contribution in [0.25, 0.3) is 11.0 Å². The lowest BCUT2D eigenvalue weighted by Crippen LogP contribution is -2.33. The standard InChI is InChI=1S/C19H21ClF3N5O9P2/c20-18-26-15(25-14(19(21,22)23)9-4-2-1-3-5-9)10-6-24-28(16(10)27-18)17-13(30)12(29)11(37-17)7-36-39(34,35)8-38(31,32)33/h1-6,11-14,17,29-30H,7-8H2,(H,34,35)(H,25,26,27)(H2,31,32,33)/t11-,12-,13-,14?,17-/m1/s1. The molecule has 0 aliphatic carbocycles. The maximum atomic E-state index is 13.9. The fraction of sp³-hybridized carbons (Fsp3) is 0.421. The average molecular weight is 618 g/mol. The third-order valence-corrected chi connectivity index (χ3v) is 9.17. The summed E-state index contributed by atoms with van der Waals surface area (Å²) in [6, 6.07) is 4.77. The van der Waals surface area contributed by atoms with Gasteiger partial charge in [-0.2, -0.15) is 28.2 Å². The Balaban J connectivity index is 1.60. The number of halogens is 4. The molecule has 39 heavy (non-hydrogen) atoms. The molecule has 6 atom stereocenters. The Morgan fingerprint density at radius 3 is 2.41 bits per heavy atom. The molecule has 0 bridgehead atoms. The molecule has 0 amide bonds. The highest BCUT2D eigenvalue weighted by molar-refractivity contribution is 7.70. The minimum Gasteiger partial charge on any atom is -0.387 e. The molecule has 2 aromatic heterocycles. The molecular weight excluding hydrogens is 597 g/mol. The number of anilines is 1. The van der Waals surface area contributed by atoms with Gasteiger partial charge < -0.3 is 39.5 Å². The van der Waals surface area contributed by atoms with E-state index >= 15 is 0 Å². The van der Waals surface area contributed by atoms with Crippen LogP contribution in [0.5, 0.6) is 0 Å². The monoisotopic (exact) mass is 617 g/mol. The van der Waals surface area contributed by atoms with E-state index in [9.17, 15) is 37.4 Å². The van der Waals surface area contributed by atoms with Crippen LogP contribution in [-0.4, -0.2) is 81.6 Å². The molecule has 1 aliphatic heterocycles. The molecule has 0 radical (unpaired) electrons. The Morgan fingerprint density at radius 2 is 1.79 bits per heavy atom. The number of ether oxygens (including phenoxy) is 1. The predicted octanol–water partition coefficient (Wildman–Crippen LogP) is 2.15. The Hall–Kier alpha value is -2.17. The quantitative estimate of drug-likeness (QED) is 0.150. The Labute approximate surface area is 222 Å². The van der Waals surface area contributed by atoms with Gasteiger partial charge in [-0.15, -0.1) is 0 Å².